The van der Waals surface area contributed by atoms with E-state index in [1.165, 1.54) is 6.42 Å². The molecule has 0 saturated carbocycles. The normalized spacial score (nSPS) is 27.6. The highest BCUT2D eigenvalue weighted by atomic mass is 16.4. The SMILES string of the molecule is Cc1nn(C)c(N2CC(C)CC(C)C2C)c1C(=O)O. The third kappa shape index (κ3) is 2.33. The van der Waals surface area contributed by atoms with Crippen LogP contribution in [0.1, 0.15) is 43.2 Å². The fraction of sp³-hybridized carbons (Fsp3) is 0.714. The molecule has 1 aromatic rings. The van der Waals surface area contributed by atoms with Crippen LogP contribution in [0.3, 0.4) is 0 Å². The van der Waals surface area contributed by atoms with Gasteiger partial charge in [0.25, 0.3) is 0 Å². The van der Waals surface area contributed by atoms with E-state index in [1.807, 2.05) is 7.05 Å². The summed E-state index contributed by atoms with van der Waals surface area (Å²) in [4.78, 5) is 13.7. The highest BCUT2D eigenvalue weighted by Gasteiger charge is 2.34. The molecule has 1 aromatic heterocycles. The van der Waals surface area contributed by atoms with Crippen molar-refractivity contribution in [2.45, 2.75) is 40.2 Å². The molecule has 19 heavy (non-hydrogen) atoms. The molecule has 0 spiro atoms. The van der Waals surface area contributed by atoms with Crippen molar-refractivity contribution in [3.05, 3.63) is 11.3 Å². The Morgan fingerprint density at radius 1 is 1.37 bits per heavy atom. The standard InChI is InChI=1S/C14H23N3O2/c1-8-6-9(2)11(4)17(7-8)13-12(14(18)19)10(3)15-16(13)5/h8-9,11H,6-7H2,1-5H3,(H,18,19). The lowest BCUT2D eigenvalue weighted by molar-refractivity contribution is 0.0696. The number of piperidine rings is 1. The van der Waals surface area contributed by atoms with E-state index in [4.69, 9.17) is 0 Å². The average Bonchev–Trinajstić information content (AvgIpc) is 2.58. The molecule has 2 heterocycles. The van der Waals surface area contributed by atoms with E-state index in [0.29, 0.717) is 29.1 Å². The molecule has 3 atom stereocenters. The van der Waals surface area contributed by atoms with E-state index in [-0.39, 0.29) is 0 Å². The molecule has 2 rings (SSSR count). The van der Waals surface area contributed by atoms with Crippen molar-refractivity contribution in [3.63, 3.8) is 0 Å². The summed E-state index contributed by atoms with van der Waals surface area (Å²) in [5, 5.41) is 13.7. The Kier molecular flexibility index (Phi) is 3.56. The first kappa shape index (κ1) is 13.9. The molecule has 3 unspecified atom stereocenters. The highest BCUT2D eigenvalue weighted by molar-refractivity contribution is 5.95. The molecule has 0 bridgehead atoms. The van der Waals surface area contributed by atoms with E-state index in [2.05, 4.69) is 30.8 Å². The quantitative estimate of drug-likeness (QED) is 0.891. The van der Waals surface area contributed by atoms with E-state index in [0.717, 1.165) is 12.4 Å². The van der Waals surface area contributed by atoms with Crippen molar-refractivity contribution < 1.29 is 9.90 Å². The minimum atomic E-state index is -0.890. The van der Waals surface area contributed by atoms with Crippen molar-refractivity contribution in [3.8, 4) is 0 Å². The maximum atomic E-state index is 11.5. The van der Waals surface area contributed by atoms with Crippen LogP contribution in [0.15, 0.2) is 0 Å². The number of carboxylic acids is 1. The molecule has 0 radical (unpaired) electrons. The van der Waals surface area contributed by atoms with Crippen molar-refractivity contribution in [1.82, 2.24) is 9.78 Å². The largest absolute Gasteiger partial charge is 0.477 e. The van der Waals surface area contributed by atoms with E-state index >= 15 is 0 Å². The summed E-state index contributed by atoms with van der Waals surface area (Å²) in [6, 6.07) is 0.337. The lowest BCUT2D eigenvalue weighted by Gasteiger charge is -2.42. The van der Waals surface area contributed by atoms with Gasteiger partial charge in [-0.3, -0.25) is 4.68 Å². The number of rotatable bonds is 2. The minimum absolute atomic E-state index is 0.337. The molecular formula is C14H23N3O2. The molecule has 1 fully saturated rings. The molecule has 1 N–H and O–H groups in total. The summed E-state index contributed by atoms with van der Waals surface area (Å²) in [5.41, 5.74) is 0.929. The third-order valence-electron chi connectivity index (χ3n) is 4.28. The van der Waals surface area contributed by atoms with Crippen LogP contribution < -0.4 is 4.90 Å². The zero-order chi connectivity index (χ0) is 14.3. The number of aromatic nitrogens is 2. The molecule has 0 aromatic carbocycles. The van der Waals surface area contributed by atoms with Gasteiger partial charge >= 0.3 is 5.97 Å². The summed E-state index contributed by atoms with van der Waals surface area (Å²) in [5.74, 6) is 0.984. The lowest BCUT2D eigenvalue weighted by Crippen LogP contribution is -2.47. The molecule has 0 amide bonds. The van der Waals surface area contributed by atoms with E-state index < -0.39 is 5.97 Å². The smallest absolute Gasteiger partial charge is 0.341 e. The first-order valence-electron chi connectivity index (χ1n) is 6.86. The molecule has 1 aliphatic rings. The van der Waals surface area contributed by atoms with Crippen molar-refractivity contribution in [2.75, 3.05) is 11.4 Å². The molecule has 1 saturated heterocycles. The van der Waals surface area contributed by atoms with Crippen LogP contribution in [-0.4, -0.2) is 33.4 Å². The number of carboxylic acid groups (broad SMARTS) is 1. The van der Waals surface area contributed by atoms with E-state index in [1.54, 1.807) is 11.6 Å². The monoisotopic (exact) mass is 265 g/mol. The first-order valence-corrected chi connectivity index (χ1v) is 6.86. The Bertz CT molecular complexity index is 495. The Balaban J connectivity index is 2.48. The van der Waals surface area contributed by atoms with Crippen molar-refractivity contribution in [2.24, 2.45) is 18.9 Å². The molecule has 106 valence electrons. The average molecular weight is 265 g/mol. The predicted octanol–water partition coefficient (Wildman–Crippen LogP) is 2.30. The van der Waals surface area contributed by atoms with Gasteiger partial charge in [-0.15, -0.1) is 0 Å². The number of hydrogen-bond donors (Lipinski definition) is 1. The molecular weight excluding hydrogens is 242 g/mol. The summed E-state index contributed by atoms with van der Waals surface area (Å²) in [6.07, 6.45) is 1.19. The molecule has 0 aliphatic carbocycles. The fourth-order valence-corrected chi connectivity index (χ4v) is 3.22. The molecule has 1 aliphatic heterocycles. The Morgan fingerprint density at radius 2 is 2.00 bits per heavy atom. The minimum Gasteiger partial charge on any atom is -0.477 e. The second kappa shape index (κ2) is 4.87. The van der Waals surface area contributed by atoms with Gasteiger partial charge in [-0.05, 0) is 32.1 Å². The third-order valence-corrected chi connectivity index (χ3v) is 4.28. The number of carbonyl (C=O) groups is 1. The summed E-state index contributed by atoms with van der Waals surface area (Å²) in [6.45, 7) is 9.28. The van der Waals surface area contributed by atoms with Gasteiger partial charge in [0, 0.05) is 19.6 Å². The second-order valence-electron chi connectivity index (χ2n) is 5.92. The van der Waals surface area contributed by atoms with Crippen LogP contribution in [0.5, 0.6) is 0 Å². The number of anilines is 1. The number of nitrogens with zero attached hydrogens (tertiary/aromatic N) is 3. The van der Waals surface area contributed by atoms with Gasteiger partial charge in [0.05, 0.1) is 5.69 Å². The summed E-state index contributed by atoms with van der Waals surface area (Å²) in [7, 11) is 1.82. The summed E-state index contributed by atoms with van der Waals surface area (Å²) < 4.78 is 1.71. The Hall–Kier alpha value is -1.52. The first-order chi connectivity index (χ1) is 8.82. The highest BCUT2D eigenvalue weighted by Crippen LogP contribution is 2.33. The van der Waals surface area contributed by atoms with Gasteiger partial charge in [0.15, 0.2) is 0 Å². The van der Waals surface area contributed by atoms with E-state index in [9.17, 15) is 9.90 Å². The van der Waals surface area contributed by atoms with Crippen LogP contribution >= 0.6 is 0 Å². The fourth-order valence-electron chi connectivity index (χ4n) is 3.22. The van der Waals surface area contributed by atoms with Crippen LogP contribution in [0.2, 0.25) is 0 Å². The molecule has 5 heteroatoms. The van der Waals surface area contributed by atoms with Gasteiger partial charge < -0.3 is 10.0 Å². The number of aryl methyl sites for hydroxylation is 2. The van der Waals surface area contributed by atoms with Crippen LogP contribution in [0.25, 0.3) is 0 Å². The van der Waals surface area contributed by atoms with Crippen LogP contribution in [0, 0.1) is 18.8 Å². The topological polar surface area (TPSA) is 58.4 Å². The number of hydrogen-bond acceptors (Lipinski definition) is 3. The number of aromatic carboxylic acids is 1. The van der Waals surface area contributed by atoms with Crippen LogP contribution in [-0.2, 0) is 7.05 Å². The lowest BCUT2D eigenvalue weighted by atomic mass is 9.86. The van der Waals surface area contributed by atoms with Gasteiger partial charge in [0.2, 0.25) is 0 Å². The maximum Gasteiger partial charge on any atom is 0.341 e. The Morgan fingerprint density at radius 3 is 2.58 bits per heavy atom. The van der Waals surface area contributed by atoms with Gasteiger partial charge in [0.1, 0.15) is 11.4 Å². The van der Waals surface area contributed by atoms with Crippen LogP contribution in [0.4, 0.5) is 5.82 Å². The van der Waals surface area contributed by atoms with Gasteiger partial charge in [-0.25, -0.2) is 4.79 Å². The maximum absolute atomic E-state index is 11.5. The van der Waals surface area contributed by atoms with Gasteiger partial charge in [-0.1, -0.05) is 13.8 Å². The molecule has 5 nitrogen and oxygen atoms in total. The van der Waals surface area contributed by atoms with Crippen molar-refractivity contribution in [1.29, 1.82) is 0 Å². The zero-order valence-corrected chi connectivity index (χ0v) is 12.3. The zero-order valence-electron chi connectivity index (χ0n) is 12.3. The second-order valence-corrected chi connectivity index (χ2v) is 5.92. The Labute approximate surface area is 114 Å². The van der Waals surface area contributed by atoms with Gasteiger partial charge in [-0.2, -0.15) is 5.10 Å². The predicted molar refractivity (Wildman–Crippen MR) is 74.7 cm³/mol. The van der Waals surface area contributed by atoms with Crippen molar-refractivity contribution >= 4 is 11.8 Å². The summed E-state index contributed by atoms with van der Waals surface area (Å²) >= 11 is 0.